The molecule has 8 nitrogen and oxygen atoms in total. The molecule has 0 radical (unpaired) electrons. The third-order valence-electron chi connectivity index (χ3n) is 4.74. The second-order valence-electron chi connectivity index (χ2n) is 6.80. The van der Waals surface area contributed by atoms with E-state index in [1.165, 1.54) is 18.3 Å². The van der Waals surface area contributed by atoms with Crippen LogP contribution in [0.25, 0.3) is 0 Å². The number of nitrogens with zero attached hydrogens (tertiary/aromatic N) is 3. The number of aryl methyl sites for hydroxylation is 2. The third-order valence-corrected chi connectivity index (χ3v) is 6.17. The molecule has 0 aliphatic rings. The lowest BCUT2D eigenvalue weighted by molar-refractivity contribution is 0.588. The summed E-state index contributed by atoms with van der Waals surface area (Å²) in [5.41, 5.74) is 4.43. The van der Waals surface area contributed by atoms with Crippen molar-refractivity contribution < 1.29 is 8.42 Å². The van der Waals surface area contributed by atoms with Gasteiger partial charge in [0, 0.05) is 32.4 Å². The van der Waals surface area contributed by atoms with Crippen LogP contribution in [0.2, 0.25) is 0 Å². The normalized spacial score (nSPS) is 13.4. The first-order valence-corrected chi connectivity index (χ1v) is 10.6. The number of hydrogen-bond donors (Lipinski definition) is 3. The molecule has 0 aliphatic carbocycles. The van der Waals surface area contributed by atoms with Gasteiger partial charge < -0.3 is 10.6 Å². The van der Waals surface area contributed by atoms with Crippen LogP contribution in [0.3, 0.4) is 0 Å². The number of aromatic nitrogens is 2. The van der Waals surface area contributed by atoms with Crippen molar-refractivity contribution in [3.8, 4) is 0 Å². The van der Waals surface area contributed by atoms with Crippen molar-refractivity contribution in [2.45, 2.75) is 44.7 Å². The average molecular weight is 407 g/mol. The highest BCUT2D eigenvalue weighted by Crippen LogP contribution is 2.14. The third kappa shape index (κ3) is 5.32. The van der Waals surface area contributed by atoms with Crippen LogP contribution >= 0.6 is 0 Å². The molecule has 1 aromatic carbocycles. The van der Waals surface area contributed by atoms with E-state index in [1.807, 2.05) is 18.7 Å². The number of nitrogens with one attached hydrogen (secondary N) is 3. The molecule has 0 bridgehead atoms. The summed E-state index contributed by atoms with van der Waals surface area (Å²) in [4.78, 5) is 4.52. The number of guanidine groups is 1. The van der Waals surface area contributed by atoms with Crippen LogP contribution in [0.5, 0.6) is 0 Å². The van der Waals surface area contributed by atoms with Gasteiger partial charge in [0.2, 0.25) is 10.0 Å². The first-order chi connectivity index (χ1) is 13.2. The fraction of sp³-hybridized carbons (Fsp3) is 0.474. The Hall–Kier alpha value is -2.39. The maximum absolute atomic E-state index is 11.8. The van der Waals surface area contributed by atoms with Gasteiger partial charge in [-0.3, -0.25) is 9.67 Å². The number of sulfonamides is 1. The quantitative estimate of drug-likeness (QED) is 0.474. The van der Waals surface area contributed by atoms with Gasteiger partial charge in [-0.25, -0.2) is 13.1 Å². The standard InChI is InChI=1S/C19H30N6O2S/c1-13(11-18-14(2)24-25(6)15(18)3)23-19(20-4)22-12-16-7-9-17(10-8-16)28(26,27)21-5/h7-10,13,21H,11-12H2,1-6H3,(H2,20,22,23). The van der Waals surface area contributed by atoms with Crippen molar-refractivity contribution in [2.75, 3.05) is 14.1 Å². The zero-order valence-electron chi connectivity index (χ0n) is 17.4. The molecular weight excluding hydrogens is 376 g/mol. The highest BCUT2D eigenvalue weighted by atomic mass is 32.2. The van der Waals surface area contributed by atoms with Crippen molar-refractivity contribution in [3.05, 3.63) is 46.8 Å². The summed E-state index contributed by atoms with van der Waals surface area (Å²) in [5.74, 6) is 0.693. The topological polar surface area (TPSA) is 100 Å². The summed E-state index contributed by atoms with van der Waals surface area (Å²) in [6.45, 7) is 6.75. The summed E-state index contributed by atoms with van der Waals surface area (Å²) < 4.78 is 27.8. The highest BCUT2D eigenvalue weighted by molar-refractivity contribution is 7.89. The predicted octanol–water partition coefficient (Wildman–Crippen LogP) is 1.24. The highest BCUT2D eigenvalue weighted by Gasteiger charge is 2.14. The number of aliphatic imine (C=N–C) groups is 1. The van der Waals surface area contributed by atoms with Gasteiger partial charge in [-0.15, -0.1) is 0 Å². The molecule has 154 valence electrons. The second kappa shape index (κ2) is 9.20. The van der Waals surface area contributed by atoms with Gasteiger partial charge in [-0.2, -0.15) is 5.10 Å². The SMILES string of the molecule is CN=C(NCc1ccc(S(=O)(=O)NC)cc1)NC(C)Cc1c(C)nn(C)c1C. The smallest absolute Gasteiger partial charge is 0.240 e. The molecule has 0 spiro atoms. The van der Waals surface area contributed by atoms with Crippen LogP contribution in [0.4, 0.5) is 0 Å². The average Bonchev–Trinajstić information content (AvgIpc) is 2.91. The Morgan fingerprint density at radius 1 is 1.25 bits per heavy atom. The molecule has 28 heavy (non-hydrogen) atoms. The Labute approximate surface area is 167 Å². The molecule has 0 saturated heterocycles. The lowest BCUT2D eigenvalue weighted by Crippen LogP contribution is -2.42. The van der Waals surface area contributed by atoms with E-state index in [9.17, 15) is 8.42 Å². The molecule has 1 atom stereocenters. The first kappa shape index (κ1) is 21.9. The Balaban J connectivity index is 1.94. The molecule has 2 aromatic rings. The van der Waals surface area contributed by atoms with Gasteiger partial charge in [0.1, 0.15) is 0 Å². The van der Waals surface area contributed by atoms with Gasteiger partial charge in [-0.05, 0) is 57.5 Å². The van der Waals surface area contributed by atoms with E-state index in [4.69, 9.17) is 0 Å². The zero-order valence-corrected chi connectivity index (χ0v) is 18.2. The molecule has 3 N–H and O–H groups in total. The molecule has 9 heteroatoms. The monoisotopic (exact) mass is 406 g/mol. The Morgan fingerprint density at radius 2 is 1.89 bits per heavy atom. The maximum Gasteiger partial charge on any atom is 0.240 e. The first-order valence-electron chi connectivity index (χ1n) is 9.16. The molecule has 1 aromatic heterocycles. The van der Waals surface area contributed by atoms with Gasteiger partial charge in [-0.1, -0.05) is 12.1 Å². The molecule has 1 unspecified atom stereocenters. The molecule has 0 amide bonds. The summed E-state index contributed by atoms with van der Waals surface area (Å²) >= 11 is 0. The minimum absolute atomic E-state index is 0.177. The van der Waals surface area contributed by atoms with E-state index in [0.29, 0.717) is 12.5 Å². The van der Waals surface area contributed by atoms with E-state index in [-0.39, 0.29) is 10.9 Å². The zero-order chi connectivity index (χ0) is 20.9. The Morgan fingerprint density at radius 3 is 2.39 bits per heavy atom. The van der Waals surface area contributed by atoms with Gasteiger partial charge in [0.15, 0.2) is 5.96 Å². The molecule has 2 rings (SSSR count). The van der Waals surface area contributed by atoms with Crippen LogP contribution < -0.4 is 15.4 Å². The van der Waals surface area contributed by atoms with E-state index in [0.717, 1.165) is 17.7 Å². The number of benzene rings is 1. The summed E-state index contributed by atoms with van der Waals surface area (Å²) in [7, 11) is 1.67. The lowest BCUT2D eigenvalue weighted by atomic mass is 10.1. The van der Waals surface area contributed by atoms with Crippen molar-refractivity contribution in [2.24, 2.45) is 12.0 Å². The second-order valence-corrected chi connectivity index (χ2v) is 8.69. The number of rotatable bonds is 7. The van der Waals surface area contributed by atoms with E-state index in [1.54, 1.807) is 31.3 Å². The predicted molar refractivity (Wildman–Crippen MR) is 112 cm³/mol. The van der Waals surface area contributed by atoms with Gasteiger partial charge in [0.05, 0.1) is 10.6 Å². The Bertz CT molecular complexity index is 932. The van der Waals surface area contributed by atoms with Crippen molar-refractivity contribution >= 4 is 16.0 Å². The molecule has 0 fully saturated rings. The maximum atomic E-state index is 11.8. The summed E-state index contributed by atoms with van der Waals surface area (Å²) in [6, 6.07) is 6.94. The molecular formula is C19H30N6O2S. The largest absolute Gasteiger partial charge is 0.354 e. The summed E-state index contributed by atoms with van der Waals surface area (Å²) in [6.07, 6.45) is 0.850. The van der Waals surface area contributed by atoms with Gasteiger partial charge in [0.25, 0.3) is 0 Å². The van der Waals surface area contributed by atoms with Crippen molar-refractivity contribution in [1.82, 2.24) is 25.1 Å². The molecule has 0 saturated carbocycles. The summed E-state index contributed by atoms with van der Waals surface area (Å²) in [5, 5.41) is 11.1. The van der Waals surface area contributed by atoms with E-state index >= 15 is 0 Å². The van der Waals surface area contributed by atoms with Gasteiger partial charge >= 0.3 is 0 Å². The van der Waals surface area contributed by atoms with Crippen molar-refractivity contribution in [3.63, 3.8) is 0 Å². The van der Waals surface area contributed by atoms with E-state index in [2.05, 4.69) is 39.3 Å². The van der Waals surface area contributed by atoms with Crippen LogP contribution in [0.1, 0.15) is 29.4 Å². The molecule has 1 heterocycles. The fourth-order valence-corrected chi connectivity index (χ4v) is 3.72. The molecule has 0 aliphatic heterocycles. The van der Waals surface area contributed by atoms with Crippen LogP contribution in [0, 0.1) is 13.8 Å². The van der Waals surface area contributed by atoms with Crippen LogP contribution in [-0.2, 0) is 30.0 Å². The fourth-order valence-electron chi connectivity index (χ4n) is 2.99. The lowest BCUT2D eigenvalue weighted by Gasteiger charge is -2.18. The van der Waals surface area contributed by atoms with Crippen LogP contribution in [-0.4, -0.2) is 44.3 Å². The van der Waals surface area contributed by atoms with E-state index < -0.39 is 10.0 Å². The van der Waals surface area contributed by atoms with Crippen LogP contribution in [0.15, 0.2) is 34.2 Å². The minimum atomic E-state index is -3.42. The Kier molecular flexibility index (Phi) is 7.20. The van der Waals surface area contributed by atoms with Crippen molar-refractivity contribution in [1.29, 1.82) is 0 Å². The number of hydrogen-bond acceptors (Lipinski definition) is 4. The minimum Gasteiger partial charge on any atom is -0.354 e.